The van der Waals surface area contributed by atoms with Crippen molar-refractivity contribution in [3.63, 3.8) is 0 Å². The molecule has 4 heteroatoms. The van der Waals surface area contributed by atoms with Crippen molar-refractivity contribution in [2.75, 3.05) is 7.11 Å². The van der Waals surface area contributed by atoms with Gasteiger partial charge in [-0.3, -0.25) is 9.48 Å². The molecule has 4 nitrogen and oxygen atoms in total. The van der Waals surface area contributed by atoms with E-state index >= 15 is 0 Å². The number of rotatable bonds is 4. The first-order chi connectivity index (χ1) is 9.47. The highest BCUT2D eigenvalue weighted by Gasteiger charge is 2.15. The van der Waals surface area contributed by atoms with E-state index in [-0.39, 0.29) is 6.04 Å². The van der Waals surface area contributed by atoms with Crippen molar-refractivity contribution in [3.05, 3.63) is 35.0 Å². The molecule has 20 heavy (non-hydrogen) atoms. The van der Waals surface area contributed by atoms with E-state index in [9.17, 15) is 4.79 Å². The van der Waals surface area contributed by atoms with Gasteiger partial charge < -0.3 is 4.74 Å². The maximum atomic E-state index is 11.3. The van der Waals surface area contributed by atoms with E-state index in [0.717, 1.165) is 34.4 Å². The molecule has 0 saturated heterocycles. The molecule has 0 fully saturated rings. The van der Waals surface area contributed by atoms with Gasteiger partial charge in [0.05, 0.1) is 12.7 Å². The zero-order chi connectivity index (χ0) is 14.9. The molecule has 1 heterocycles. The Kier molecular flexibility index (Phi) is 3.93. The van der Waals surface area contributed by atoms with Crippen LogP contribution in [0.5, 0.6) is 5.75 Å². The smallest absolute Gasteiger partial charge is 0.153 e. The van der Waals surface area contributed by atoms with Crippen LogP contribution in [0, 0.1) is 13.8 Å². The molecule has 0 bridgehead atoms. The van der Waals surface area contributed by atoms with E-state index < -0.39 is 0 Å². The Morgan fingerprint density at radius 3 is 2.50 bits per heavy atom. The van der Waals surface area contributed by atoms with Gasteiger partial charge in [-0.2, -0.15) is 5.10 Å². The first kappa shape index (κ1) is 14.3. The maximum Gasteiger partial charge on any atom is 0.153 e. The molecule has 0 radical (unpaired) electrons. The molecule has 2 rings (SSSR count). The first-order valence-electron chi connectivity index (χ1n) is 6.67. The molecule has 0 N–H and O–H groups in total. The summed E-state index contributed by atoms with van der Waals surface area (Å²) in [5.74, 6) is 0.849. The maximum absolute atomic E-state index is 11.3. The van der Waals surface area contributed by atoms with E-state index in [1.165, 1.54) is 0 Å². The summed E-state index contributed by atoms with van der Waals surface area (Å²) >= 11 is 0. The fourth-order valence-corrected chi connectivity index (χ4v) is 2.23. The third-order valence-corrected chi connectivity index (χ3v) is 3.41. The van der Waals surface area contributed by atoms with Crippen LogP contribution in [-0.4, -0.2) is 23.2 Å². The summed E-state index contributed by atoms with van der Waals surface area (Å²) in [7, 11) is 1.66. The first-order valence-corrected chi connectivity index (χ1v) is 6.67. The van der Waals surface area contributed by atoms with Crippen LogP contribution in [0.15, 0.2) is 18.3 Å². The molecule has 1 aromatic heterocycles. The second-order valence-electron chi connectivity index (χ2n) is 5.26. The predicted molar refractivity (Wildman–Crippen MR) is 79.5 cm³/mol. The SMILES string of the molecule is COc1cc(C)c(-c2nn(C(C)C)cc2C=O)cc1C. The summed E-state index contributed by atoms with van der Waals surface area (Å²) in [4.78, 5) is 11.3. The molecule has 0 atom stereocenters. The van der Waals surface area contributed by atoms with Crippen LogP contribution in [-0.2, 0) is 0 Å². The van der Waals surface area contributed by atoms with Crippen molar-refractivity contribution in [2.45, 2.75) is 33.7 Å². The summed E-state index contributed by atoms with van der Waals surface area (Å²) < 4.78 is 7.14. The van der Waals surface area contributed by atoms with Gasteiger partial charge in [-0.1, -0.05) is 0 Å². The van der Waals surface area contributed by atoms with Crippen LogP contribution < -0.4 is 4.74 Å². The molecular formula is C16H20N2O2. The number of benzene rings is 1. The molecule has 0 spiro atoms. The summed E-state index contributed by atoms with van der Waals surface area (Å²) in [6.45, 7) is 8.07. The molecule has 0 saturated carbocycles. The third kappa shape index (κ3) is 2.46. The van der Waals surface area contributed by atoms with Gasteiger partial charge in [-0.05, 0) is 51.0 Å². The molecule has 0 amide bonds. The van der Waals surface area contributed by atoms with Gasteiger partial charge in [-0.15, -0.1) is 0 Å². The number of methoxy groups -OCH3 is 1. The van der Waals surface area contributed by atoms with E-state index in [1.54, 1.807) is 13.3 Å². The van der Waals surface area contributed by atoms with Gasteiger partial charge in [0.2, 0.25) is 0 Å². The Morgan fingerprint density at radius 2 is 1.95 bits per heavy atom. The molecule has 1 aromatic carbocycles. The Bertz CT molecular complexity index is 642. The highest BCUT2D eigenvalue weighted by atomic mass is 16.5. The number of carbonyl (C=O) groups is 1. The summed E-state index contributed by atoms with van der Waals surface area (Å²) in [6, 6.07) is 4.23. The number of aromatic nitrogens is 2. The molecule has 0 aliphatic rings. The Hall–Kier alpha value is -2.10. The van der Waals surface area contributed by atoms with Gasteiger partial charge in [-0.25, -0.2) is 0 Å². The van der Waals surface area contributed by atoms with Gasteiger partial charge in [0.15, 0.2) is 6.29 Å². The zero-order valence-corrected chi connectivity index (χ0v) is 12.6. The number of hydrogen-bond donors (Lipinski definition) is 0. The standard InChI is InChI=1S/C16H20N2O2/c1-10(2)18-8-13(9-19)16(17-18)14-6-12(4)15(20-5)7-11(14)3/h6-10H,1-5H3. The lowest BCUT2D eigenvalue weighted by molar-refractivity contribution is 0.112. The van der Waals surface area contributed by atoms with E-state index in [2.05, 4.69) is 5.10 Å². The summed E-state index contributed by atoms with van der Waals surface area (Å²) in [5.41, 5.74) is 4.40. The molecule has 106 valence electrons. The third-order valence-electron chi connectivity index (χ3n) is 3.41. The van der Waals surface area contributed by atoms with Crippen LogP contribution >= 0.6 is 0 Å². The highest BCUT2D eigenvalue weighted by Crippen LogP contribution is 2.31. The lowest BCUT2D eigenvalue weighted by Crippen LogP contribution is -2.01. The lowest BCUT2D eigenvalue weighted by atomic mass is 10.00. The molecular weight excluding hydrogens is 252 g/mol. The van der Waals surface area contributed by atoms with Crippen molar-refractivity contribution in [1.82, 2.24) is 9.78 Å². The molecule has 0 aliphatic carbocycles. The normalized spacial score (nSPS) is 10.9. The lowest BCUT2D eigenvalue weighted by Gasteiger charge is -2.10. The van der Waals surface area contributed by atoms with E-state index in [4.69, 9.17) is 4.74 Å². The van der Waals surface area contributed by atoms with Crippen LogP contribution in [0.2, 0.25) is 0 Å². The van der Waals surface area contributed by atoms with Crippen LogP contribution in [0.4, 0.5) is 0 Å². The van der Waals surface area contributed by atoms with E-state index in [1.807, 2.05) is 44.5 Å². The Balaban J connectivity index is 2.61. The number of hydrogen-bond acceptors (Lipinski definition) is 3. The minimum Gasteiger partial charge on any atom is -0.496 e. The van der Waals surface area contributed by atoms with Gasteiger partial charge in [0, 0.05) is 17.8 Å². The van der Waals surface area contributed by atoms with Crippen molar-refractivity contribution < 1.29 is 9.53 Å². The van der Waals surface area contributed by atoms with Crippen LogP contribution in [0.3, 0.4) is 0 Å². The summed E-state index contributed by atoms with van der Waals surface area (Å²) in [5, 5.41) is 4.55. The van der Waals surface area contributed by atoms with Gasteiger partial charge >= 0.3 is 0 Å². The van der Waals surface area contributed by atoms with Gasteiger partial charge in [0.25, 0.3) is 0 Å². The van der Waals surface area contributed by atoms with Crippen LogP contribution in [0.1, 0.15) is 41.4 Å². The molecule has 0 aliphatic heterocycles. The van der Waals surface area contributed by atoms with Crippen molar-refractivity contribution in [1.29, 1.82) is 0 Å². The van der Waals surface area contributed by atoms with Crippen molar-refractivity contribution in [2.24, 2.45) is 0 Å². The second-order valence-corrected chi connectivity index (χ2v) is 5.26. The van der Waals surface area contributed by atoms with Crippen molar-refractivity contribution >= 4 is 6.29 Å². The molecule has 2 aromatic rings. The largest absolute Gasteiger partial charge is 0.496 e. The minimum atomic E-state index is 0.224. The fraction of sp³-hybridized carbons (Fsp3) is 0.375. The average Bonchev–Trinajstić information content (AvgIpc) is 2.85. The van der Waals surface area contributed by atoms with Crippen molar-refractivity contribution in [3.8, 4) is 17.0 Å². The predicted octanol–water partition coefficient (Wildman–Crippen LogP) is 3.57. The minimum absolute atomic E-state index is 0.224. The Labute approximate surface area is 119 Å². The monoisotopic (exact) mass is 272 g/mol. The van der Waals surface area contributed by atoms with Gasteiger partial charge in [0.1, 0.15) is 11.4 Å². The number of ether oxygens (including phenoxy) is 1. The fourth-order valence-electron chi connectivity index (χ4n) is 2.23. The van der Waals surface area contributed by atoms with Crippen LogP contribution in [0.25, 0.3) is 11.3 Å². The van der Waals surface area contributed by atoms with E-state index in [0.29, 0.717) is 5.56 Å². The number of carbonyl (C=O) groups excluding carboxylic acids is 1. The number of aryl methyl sites for hydroxylation is 2. The topological polar surface area (TPSA) is 44.1 Å². The quantitative estimate of drug-likeness (QED) is 0.799. The highest BCUT2D eigenvalue weighted by molar-refractivity contribution is 5.86. The summed E-state index contributed by atoms with van der Waals surface area (Å²) in [6.07, 6.45) is 2.66. The zero-order valence-electron chi connectivity index (χ0n) is 12.6. The average molecular weight is 272 g/mol. The number of nitrogens with zero attached hydrogens (tertiary/aromatic N) is 2. The number of aldehydes is 1. The second kappa shape index (κ2) is 5.49. The Morgan fingerprint density at radius 1 is 1.25 bits per heavy atom. The molecule has 0 unspecified atom stereocenters.